The maximum absolute atomic E-state index is 15.5. The summed E-state index contributed by atoms with van der Waals surface area (Å²) in [7, 11) is 0. The first-order valence-electron chi connectivity index (χ1n) is 12.9. The van der Waals surface area contributed by atoms with Gasteiger partial charge in [0.15, 0.2) is 5.54 Å². The number of pyridine rings is 1. The standard InChI is InChI=1S/C31H26F3N3O3/c1-18-25(14-13-24-12-9-22(16-36-24)26-6-4-3-5-21(26)15-35)27-19(2)40-29(39)30(27,17-31(18,33)34)37-28(38)20-7-10-23(32)11-8-20/h3-14,16,18-19,25,27H,17H2,1-2H3,(H,37,38)/b14-13+/t18-,19-,25+,27-,30+/m1/s1. The molecule has 1 saturated carbocycles. The van der Waals surface area contributed by atoms with Gasteiger partial charge in [-0.25, -0.2) is 18.0 Å². The highest BCUT2D eigenvalue weighted by Gasteiger charge is 2.68. The highest BCUT2D eigenvalue weighted by Crippen LogP contribution is 2.55. The third-order valence-corrected chi connectivity index (χ3v) is 7.98. The van der Waals surface area contributed by atoms with Gasteiger partial charge in [0.1, 0.15) is 11.9 Å². The van der Waals surface area contributed by atoms with Crippen LogP contribution in [0.1, 0.15) is 41.9 Å². The molecule has 2 fully saturated rings. The van der Waals surface area contributed by atoms with E-state index in [1.165, 1.54) is 19.1 Å². The van der Waals surface area contributed by atoms with Crippen molar-refractivity contribution in [2.45, 2.75) is 37.8 Å². The Balaban J connectivity index is 1.46. The van der Waals surface area contributed by atoms with Crippen molar-refractivity contribution in [3.8, 4) is 17.2 Å². The second-order valence-corrected chi connectivity index (χ2v) is 10.4. The lowest BCUT2D eigenvalue weighted by Gasteiger charge is -2.47. The number of hydrogen-bond donors (Lipinski definition) is 1. The van der Waals surface area contributed by atoms with Crippen LogP contribution in [0.25, 0.3) is 17.2 Å². The Hall–Kier alpha value is -4.45. The number of nitriles is 1. The van der Waals surface area contributed by atoms with E-state index in [0.717, 1.165) is 23.3 Å². The fourth-order valence-electron chi connectivity index (χ4n) is 5.89. The van der Waals surface area contributed by atoms with Crippen LogP contribution >= 0.6 is 0 Å². The van der Waals surface area contributed by atoms with Crippen molar-refractivity contribution in [1.29, 1.82) is 5.26 Å². The van der Waals surface area contributed by atoms with Crippen LogP contribution in [0.15, 0.2) is 72.9 Å². The van der Waals surface area contributed by atoms with Gasteiger partial charge in [-0.1, -0.05) is 37.3 Å². The van der Waals surface area contributed by atoms with Crippen molar-refractivity contribution in [1.82, 2.24) is 10.3 Å². The third-order valence-electron chi connectivity index (χ3n) is 7.98. The van der Waals surface area contributed by atoms with Crippen LogP contribution < -0.4 is 5.32 Å². The number of alkyl halides is 2. The lowest BCUT2D eigenvalue weighted by molar-refractivity contribution is -0.158. The van der Waals surface area contributed by atoms with Crippen molar-refractivity contribution >= 4 is 18.0 Å². The summed E-state index contributed by atoms with van der Waals surface area (Å²) in [6, 6.07) is 17.4. The number of benzene rings is 2. The zero-order chi connectivity index (χ0) is 28.7. The fourth-order valence-corrected chi connectivity index (χ4v) is 5.89. The molecular formula is C31H26F3N3O3. The Morgan fingerprint density at radius 2 is 1.85 bits per heavy atom. The predicted molar refractivity (Wildman–Crippen MR) is 141 cm³/mol. The number of hydrogen-bond acceptors (Lipinski definition) is 5. The molecular weight excluding hydrogens is 519 g/mol. The van der Waals surface area contributed by atoms with Crippen LogP contribution in [-0.2, 0) is 9.53 Å². The van der Waals surface area contributed by atoms with E-state index in [1.807, 2.05) is 12.1 Å². The molecule has 6 nitrogen and oxygen atoms in total. The molecule has 2 aromatic carbocycles. The first-order valence-corrected chi connectivity index (χ1v) is 12.9. The molecule has 1 N–H and O–H groups in total. The van der Waals surface area contributed by atoms with Gasteiger partial charge in [0.05, 0.1) is 17.3 Å². The molecule has 0 unspecified atom stereocenters. The van der Waals surface area contributed by atoms with E-state index in [-0.39, 0.29) is 5.56 Å². The molecule has 5 rings (SSSR count). The number of ether oxygens (including phenoxy) is 1. The first kappa shape index (κ1) is 27.1. The Morgan fingerprint density at radius 1 is 1.12 bits per heavy atom. The lowest BCUT2D eigenvalue weighted by Crippen LogP contribution is -2.66. The van der Waals surface area contributed by atoms with E-state index >= 15 is 8.78 Å². The zero-order valence-corrected chi connectivity index (χ0v) is 21.8. The van der Waals surface area contributed by atoms with Gasteiger partial charge in [-0.3, -0.25) is 9.78 Å². The van der Waals surface area contributed by atoms with Crippen LogP contribution in [-0.4, -0.2) is 34.4 Å². The number of amides is 1. The number of allylic oxidation sites excluding steroid dienone is 1. The predicted octanol–water partition coefficient (Wildman–Crippen LogP) is 5.79. The number of nitrogens with one attached hydrogen (secondary N) is 1. The van der Waals surface area contributed by atoms with Crippen LogP contribution in [0.4, 0.5) is 13.2 Å². The largest absolute Gasteiger partial charge is 0.460 e. The molecule has 2 aliphatic rings. The molecule has 0 bridgehead atoms. The fraction of sp³-hybridized carbons (Fsp3) is 0.290. The number of rotatable bonds is 5. The number of carbonyl (C=O) groups excluding carboxylic acids is 2. The maximum atomic E-state index is 15.5. The third kappa shape index (κ3) is 4.75. The molecule has 3 aromatic rings. The Kier molecular flexibility index (Phi) is 6.96. The Bertz CT molecular complexity index is 1520. The minimum Gasteiger partial charge on any atom is -0.460 e. The summed E-state index contributed by atoms with van der Waals surface area (Å²) in [5, 5.41) is 11.9. The van der Waals surface area contributed by atoms with Gasteiger partial charge >= 0.3 is 5.97 Å². The summed E-state index contributed by atoms with van der Waals surface area (Å²) in [5.41, 5.74) is 0.540. The molecule has 1 saturated heterocycles. The molecule has 1 aliphatic carbocycles. The molecule has 1 amide bonds. The minimum absolute atomic E-state index is 0.0400. The molecule has 40 heavy (non-hydrogen) atoms. The Labute approximate surface area is 229 Å². The molecule has 204 valence electrons. The molecule has 1 aromatic heterocycles. The van der Waals surface area contributed by atoms with Gasteiger partial charge in [-0.15, -0.1) is 0 Å². The Morgan fingerprint density at radius 3 is 2.52 bits per heavy atom. The maximum Gasteiger partial charge on any atom is 0.332 e. The minimum atomic E-state index is -3.30. The van der Waals surface area contributed by atoms with Crippen molar-refractivity contribution in [2.24, 2.45) is 17.8 Å². The SMILES string of the molecule is C[C@@H]1[C@H](/C=C/c2ccc(-c3ccccc3C#N)cn2)[C@H]2[C@@H](C)OC(=O)[C@]2(NC(=O)c2ccc(F)cc2)CC1(F)F. The van der Waals surface area contributed by atoms with E-state index in [1.54, 1.807) is 49.5 Å². The number of halogens is 3. The van der Waals surface area contributed by atoms with E-state index in [4.69, 9.17) is 4.74 Å². The topological polar surface area (TPSA) is 92.1 Å². The first-order chi connectivity index (χ1) is 19.1. The molecule has 2 heterocycles. The van der Waals surface area contributed by atoms with E-state index in [9.17, 15) is 19.2 Å². The summed E-state index contributed by atoms with van der Waals surface area (Å²) in [6.45, 7) is 3.05. The number of carbonyl (C=O) groups is 2. The van der Waals surface area contributed by atoms with Crippen molar-refractivity contribution in [3.63, 3.8) is 0 Å². The summed E-state index contributed by atoms with van der Waals surface area (Å²) in [5.74, 6) is -8.33. The molecule has 0 radical (unpaired) electrons. The number of aromatic nitrogens is 1. The highest BCUT2D eigenvalue weighted by atomic mass is 19.3. The van der Waals surface area contributed by atoms with E-state index in [0.29, 0.717) is 11.3 Å². The van der Waals surface area contributed by atoms with E-state index < -0.39 is 59.4 Å². The summed E-state index contributed by atoms with van der Waals surface area (Å²) in [4.78, 5) is 30.6. The number of esters is 1. The average molecular weight is 546 g/mol. The monoisotopic (exact) mass is 545 g/mol. The quantitative estimate of drug-likeness (QED) is 0.410. The summed E-state index contributed by atoms with van der Waals surface area (Å²) < 4.78 is 49.8. The van der Waals surface area contributed by atoms with Gasteiger partial charge in [0.25, 0.3) is 11.8 Å². The number of cyclic esters (lactones) is 1. The van der Waals surface area contributed by atoms with Gasteiger partial charge < -0.3 is 10.1 Å². The van der Waals surface area contributed by atoms with Crippen LogP contribution in [0, 0.1) is 34.9 Å². The van der Waals surface area contributed by atoms with E-state index in [2.05, 4.69) is 16.4 Å². The van der Waals surface area contributed by atoms with Gasteiger partial charge in [-0.2, -0.15) is 5.26 Å². The smallest absolute Gasteiger partial charge is 0.332 e. The van der Waals surface area contributed by atoms with Gasteiger partial charge in [0, 0.05) is 41.1 Å². The van der Waals surface area contributed by atoms with Crippen LogP contribution in [0.2, 0.25) is 0 Å². The van der Waals surface area contributed by atoms with Crippen molar-refractivity contribution in [2.75, 3.05) is 0 Å². The van der Waals surface area contributed by atoms with Crippen LogP contribution in [0.5, 0.6) is 0 Å². The zero-order valence-electron chi connectivity index (χ0n) is 21.8. The lowest BCUT2D eigenvalue weighted by atomic mass is 9.60. The normalized spacial score (nSPS) is 27.1. The van der Waals surface area contributed by atoms with Gasteiger partial charge in [0.2, 0.25) is 0 Å². The van der Waals surface area contributed by atoms with Crippen molar-refractivity contribution in [3.05, 3.63) is 95.6 Å². The van der Waals surface area contributed by atoms with Crippen molar-refractivity contribution < 1.29 is 27.5 Å². The molecule has 9 heteroatoms. The second-order valence-electron chi connectivity index (χ2n) is 10.4. The summed E-state index contributed by atoms with van der Waals surface area (Å²) in [6.07, 6.45) is 3.17. The number of nitrogens with zero attached hydrogens (tertiary/aromatic N) is 2. The number of fused-ring (bicyclic) bond motifs is 1. The molecule has 1 aliphatic heterocycles. The second kappa shape index (κ2) is 10.3. The average Bonchev–Trinajstić information content (AvgIpc) is 3.17. The van der Waals surface area contributed by atoms with Gasteiger partial charge in [-0.05, 0) is 55.3 Å². The highest BCUT2D eigenvalue weighted by molar-refractivity contribution is 5.99. The summed E-state index contributed by atoms with van der Waals surface area (Å²) >= 11 is 0. The molecule has 5 atom stereocenters. The van der Waals surface area contributed by atoms with Crippen LogP contribution in [0.3, 0.4) is 0 Å². The molecule has 0 spiro atoms.